The van der Waals surface area contributed by atoms with Gasteiger partial charge in [-0.05, 0) is 105 Å². The summed E-state index contributed by atoms with van der Waals surface area (Å²) in [5.41, 5.74) is -4.33. The number of hydrogen-bond acceptors (Lipinski definition) is 7. The number of carbonyl (C=O) groups is 2. The molecule has 18 heteroatoms. The van der Waals surface area contributed by atoms with Crippen LogP contribution in [-0.4, -0.2) is 46.4 Å². The van der Waals surface area contributed by atoms with Crippen LogP contribution >= 0.6 is 0 Å². The first-order valence-electron chi connectivity index (χ1n) is 17.7. The van der Waals surface area contributed by atoms with Gasteiger partial charge in [-0.1, -0.05) is 6.92 Å². The van der Waals surface area contributed by atoms with Gasteiger partial charge in [-0.15, -0.1) is 0 Å². The van der Waals surface area contributed by atoms with Crippen molar-refractivity contribution < 1.29 is 63.7 Å². The van der Waals surface area contributed by atoms with Crippen LogP contribution in [0.15, 0.2) is 42.6 Å². The van der Waals surface area contributed by atoms with Crippen molar-refractivity contribution in [2.45, 2.75) is 95.8 Å². The number of aliphatic carboxylic acids is 1. The molecule has 9 nitrogen and oxygen atoms in total. The van der Waals surface area contributed by atoms with Gasteiger partial charge in [-0.3, -0.25) is 9.69 Å². The number of aromatic nitrogens is 2. The number of fused-ring (bicyclic) bond motifs is 1. The second-order valence-electron chi connectivity index (χ2n) is 13.7. The van der Waals surface area contributed by atoms with Gasteiger partial charge in [0.25, 0.3) is 0 Å². The van der Waals surface area contributed by atoms with Gasteiger partial charge in [0.1, 0.15) is 0 Å². The van der Waals surface area contributed by atoms with E-state index in [0.29, 0.717) is 44.2 Å². The van der Waals surface area contributed by atoms with Gasteiger partial charge in [0.05, 0.1) is 53.5 Å². The highest BCUT2D eigenvalue weighted by atomic mass is 19.4. The van der Waals surface area contributed by atoms with Crippen molar-refractivity contribution in [1.82, 2.24) is 9.97 Å². The molecule has 1 saturated carbocycles. The highest BCUT2D eigenvalue weighted by Crippen LogP contribution is 2.44. The number of carboxylic acid groups (broad SMARTS) is 1. The molecule has 0 unspecified atom stereocenters. The number of benzene rings is 2. The lowest BCUT2D eigenvalue weighted by atomic mass is 9.81. The lowest BCUT2D eigenvalue weighted by molar-refractivity contribution is -0.143. The molecule has 0 spiro atoms. The van der Waals surface area contributed by atoms with Crippen molar-refractivity contribution in [3.8, 4) is 5.75 Å². The Morgan fingerprint density at radius 2 is 1.49 bits per heavy atom. The van der Waals surface area contributed by atoms with Gasteiger partial charge in [0.2, 0.25) is 5.95 Å². The summed E-state index contributed by atoms with van der Waals surface area (Å²) in [6.07, 6.45) is -12.1. The van der Waals surface area contributed by atoms with Crippen molar-refractivity contribution in [3.05, 3.63) is 76.1 Å². The molecular weight excluding hydrogens is 751 g/mol. The zero-order valence-electron chi connectivity index (χ0n) is 29.7. The molecule has 2 atom stereocenters. The molecule has 5 rings (SSSR count). The molecule has 55 heavy (non-hydrogen) atoms. The third-order valence-corrected chi connectivity index (χ3v) is 9.85. The van der Waals surface area contributed by atoms with Gasteiger partial charge in [-0.25, -0.2) is 14.8 Å². The summed E-state index contributed by atoms with van der Waals surface area (Å²) in [5.74, 6) is -1.18. The monoisotopic (exact) mass is 790 g/mol. The smallest absolute Gasteiger partial charge is 0.416 e. The topological polar surface area (TPSA) is 114 Å². The SMILES string of the molecule is CCOC(=O)N1c2ccc(C(F)(F)F)cc2[C@@H](Nc2ncc(OCC3CCC(CC(=O)O)CC3)c(Cc3cc(C(F)(F)F)cc(C(F)(F)F)c3)n2)C[C@H]1CC. The molecular formula is C37H39F9N4O5. The van der Waals surface area contributed by atoms with Crippen LogP contribution in [0.4, 0.5) is 55.9 Å². The maximum absolute atomic E-state index is 13.9. The minimum Gasteiger partial charge on any atom is -0.490 e. The van der Waals surface area contributed by atoms with E-state index < -0.39 is 65.8 Å². The van der Waals surface area contributed by atoms with E-state index in [2.05, 4.69) is 15.3 Å². The number of halogens is 9. The Labute approximate surface area is 310 Å². The standard InChI is InChI=1S/C37H39F9N4O5/c1-3-26-17-28(27-16-23(35(38,39)40)9-10-30(27)50(26)34(53)54-4-2)48-33-47-18-31(55-19-21-7-5-20(6-8-21)14-32(51)52)29(49-33)13-22-11-24(36(41,42)43)15-25(12-22)37(44,45)46/h9-12,15-16,18,20-21,26,28H,3-8,13-14,17,19H2,1-2H3,(H,51,52)(H,47,48,49)/t20?,21?,26-,28+/m1/s1. The number of alkyl halides is 9. The first-order valence-corrected chi connectivity index (χ1v) is 17.7. The molecule has 2 N–H and O–H groups in total. The van der Waals surface area contributed by atoms with Crippen LogP contribution < -0.4 is 15.0 Å². The van der Waals surface area contributed by atoms with E-state index in [9.17, 15) is 49.1 Å². The number of rotatable bonds is 11. The fourth-order valence-corrected chi connectivity index (χ4v) is 7.11. The zero-order chi connectivity index (χ0) is 40.3. The first kappa shape index (κ1) is 41.4. The second kappa shape index (κ2) is 16.5. The molecule has 1 fully saturated rings. The summed E-state index contributed by atoms with van der Waals surface area (Å²) in [6.45, 7) is 3.44. The predicted octanol–water partition coefficient (Wildman–Crippen LogP) is 10.1. The number of nitrogens with one attached hydrogen (secondary N) is 1. The summed E-state index contributed by atoms with van der Waals surface area (Å²) >= 11 is 0. The van der Waals surface area contributed by atoms with E-state index in [0.717, 1.165) is 18.2 Å². The quantitative estimate of drug-likeness (QED) is 0.185. The Morgan fingerprint density at radius 3 is 2.05 bits per heavy atom. The molecule has 0 radical (unpaired) electrons. The number of nitrogens with zero attached hydrogens (tertiary/aromatic N) is 3. The maximum atomic E-state index is 13.9. The van der Waals surface area contributed by atoms with E-state index in [1.54, 1.807) is 13.8 Å². The van der Waals surface area contributed by atoms with E-state index in [1.807, 2.05) is 0 Å². The molecule has 1 amide bonds. The zero-order valence-corrected chi connectivity index (χ0v) is 29.7. The Bertz CT molecular complexity index is 1810. The van der Waals surface area contributed by atoms with Crippen LogP contribution in [-0.2, 0) is 34.5 Å². The molecule has 1 aliphatic heterocycles. The number of ether oxygens (including phenoxy) is 2. The summed E-state index contributed by atoms with van der Waals surface area (Å²) in [6, 6.07) is 2.55. The van der Waals surface area contributed by atoms with Gasteiger partial charge in [-0.2, -0.15) is 39.5 Å². The van der Waals surface area contributed by atoms with Crippen molar-refractivity contribution in [2.75, 3.05) is 23.4 Å². The lowest BCUT2D eigenvalue weighted by Crippen LogP contribution is -2.46. The molecule has 1 aromatic heterocycles. The molecule has 0 bridgehead atoms. The normalized spacial score (nSPS) is 20.5. The number of carbonyl (C=O) groups excluding carboxylic acids is 1. The first-order chi connectivity index (χ1) is 25.8. The summed E-state index contributed by atoms with van der Waals surface area (Å²) in [7, 11) is 0. The van der Waals surface area contributed by atoms with Crippen molar-refractivity contribution in [1.29, 1.82) is 0 Å². The van der Waals surface area contributed by atoms with E-state index in [4.69, 9.17) is 14.6 Å². The molecule has 3 aromatic rings. The minimum absolute atomic E-state index is 0.00413. The highest BCUT2D eigenvalue weighted by Gasteiger charge is 2.40. The molecule has 1 aliphatic carbocycles. The van der Waals surface area contributed by atoms with E-state index in [1.165, 1.54) is 11.1 Å². The van der Waals surface area contributed by atoms with E-state index in [-0.39, 0.29) is 78.2 Å². The number of anilines is 2. The van der Waals surface area contributed by atoms with Crippen LogP contribution in [0.3, 0.4) is 0 Å². The third-order valence-electron chi connectivity index (χ3n) is 9.85. The van der Waals surface area contributed by atoms with Crippen LogP contribution in [0.5, 0.6) is 5.75 Å². The third kappa shape index (κ3) is 10.3. The average Bonchev–Trinajstić information content (AvgIpc) is 3.10. The number of amides is 1. The predicted molar refractivity (Wildman–Crippen MR) is 180 cm³/mol. The Kier molecular flexibility index (Phi) is 12.4. The summed E-state index contributed by atoms with van der Waals surface area (Å²) in [4.78, 5) is 34.1. The van der Waals surface area contributed by atoms with Crippen molar-refractivity contribution >= 4 is 23.7 Å². The van der Waals surface area contributed by atoms with Crippen molar-refractivity contribution in [3.63, 3.8) is 0 Å². The second-order valence-corrected chi connectivity index (χ2v) is 13.7. The molecule has 2 aliphatic rings. The van der Waals surface area contributed by atoms with Gasteiger partial charge in [0.15, 0.2) is 5.75 Å². The van der Waals surface area contributed by atoms with Crippen molar-refractivity contribution in [2.24, 2.45) is 11.8 Å². The summed E-state index contributed by atoms with van der Waals surface area (Å²) in [5, 5.41) is 12.1. The number of carboxylic acids is 1. The Morgan fingerprint density at radius 1 is 0.873 bits per heavy atom. The van der Waals surface area contributed by atoms with Gasteiger partial charge in [0, 0.05) is 18.9 Å². The fraction of sp³-hybridized carbons (Fsp3) is 0.514. The van der Waals surface area contributed by atoms with Crippen LogP contribution in [0.25, 0.3) is 0 Å². The van der Waals surface area contributed by atoms with E-state index >= 15 is 0 Å². The highest BCUT2D eigenvalue weighted by molar-refractivity contribution is 5.90. The maximum Gasteiger partial charge on any atom is 0.416 e. The molecule has 0 saturated heterocycles. The largest absolute Gasteiger partial charge is 0.490 e. The van der Waals surface area contributed by atoms with Gasteiger partial charge < -0.3 is 19.9 Å². The number of hydrogen-bond donors (Lipinski definition) is 2. The fourth-order valence-electron chi connectivity index (χ4n) is 7.11. The van der Waals surface area contributed by atoms with Crippen LogP contribution in [0.2, 0.25) is 0 Å². The van der Waals surface area contributed by atoms with Crippen LogP contribution in [0.1, 0.15) is 98.3 Å². The Balaban J connectivity index is 1.51. The minimum atomic E-state index is -5.11. The summed E-state index contributed by atoms with van der Waals surface area (Å²) < 4.78 is 135. The average molecular weight is 791 g/mol. The van der Waals surface area contributed by atoms with Gasteiger partial charge >= 0.3 is 30.6 Å². The lowest BCUT2D eigenvalue weighted by Gasteiger charge is -2.40. The molecule has 2 aromatic carbocycles. The van der Waals surface area contributed by atoms with Crippen LogP contribution in [0, 0.1) is 11.8 Å². The Hall–Kier alpha value is -4.77. The molecule has 300 valence electrons. The molecule has 2 heterocycles.